The molecule has 188 valence electrons. The zero-order valence-corrected chi connectivity index (χ0v) is 22.7. The Morgan fingerprint density at radius 3 is 1.12 bits per heavy atom. The topological polar surface area (TPSA) is 0 Å². The van der Waals surface area contributed by atoms with E-state index in [1.54, 1.807) is 0 Å². The van der Waals surface area contributed by atoms with Gasteiger partial charge in [-0.2, -0.15) is 0 Å². The van der Waals surface area contributed by atoms with Crippen LogP contribution in [0.1, 0.15) is 11.1 Å². The Labute approximate surface area is 234 Å². The van der Waals surface area contributed by atoms with Gasteiger partial charge >= 0.3 is 0 Å². The summed E-state index contributed by atoms with van der Waals surface area (Å²) in [5.41, 5.74) is 7.65. The quantitative estimate of drug-likeness (QED) is 0.204. The van der Waals surface area contributed by atoms with Crippen LogP contribution in [0.15, 0.2) is 133 Å². The third-order valence-electron chi connectivity index (χ3n) is 8.55. The Morgan fingerprint density at radius 1 is 0.325 bits per heavy atom. The van der Waals surface area contributed by atoms with Gasteiger partial charge in [0.25, 0.3) is 0 Å². The van der Waals surface area contributed by atoms with Crippen LogP contribution < -0.4 is 0 Å². The van der Waals surface area contributed by atoms with Crippen molar-refractivity contribution in [3.63, 3.8) is 0 Å². The zero-order chi connectivity index (χ0) is 26.8. The van der Waals surface area contributed by atoms with Crippen LogP contribution in [0.4, 0.5) is 0 Å². The minimum atomic E-state index is 1.26. The first-order valence-corrected chi connectivity index (χ1v) is 14.0. The summed E-state index contributed by atoms with van der Waals surface area (Å²) in [4.78, 5) is 0. The second kappa shape index (κ2) is 8.79. The lowest BCUT2D eigenvalue weighted by Gasteiger charge is -2.17. The smallest absolute Gasteiger partial charge is 0.00143 e. The van der Waals surface area contributed by atoms with Crippen molar-refractivity contribution in [2.24, 2.45) is 0 Å². The molecule has 0 nitrogen and oxygen atoms in total. The minimum Gasteiger partial charge on any atom is -0.0616 e. The van der Waals surface area contributed by atoms with Gasteiger partial charge in [-0.3, -0.25) is 0 Å². The van der Waals surface area contributed by atoms with Crippen LogP contribution in [0.5, 0.6) is 0 Å². The number of benzene rings is 8. The average molecular weight is 509 g/mol. The van der Waals surface area contributed by atoms with E-state index in [-0.39, 0.29) is 0 Å². The molecule has 0 bridgehead atoms. The molecule has 0 saturated heterocycles. The van der Waals surface area contributed by atoms with Gasteiger partial charge in [-0.05, 0) is 102 Å². The molecule has 0 radical (unpaired) electrons. The molecule has 0 fully saturated rings. The normalized spacial score (nSPS) is 11.8. The Hall–Kier alpha value is -4.94. The lowest BCUT2D eigenvalue weighted by Crippen LogP contribution is -1.89. The molecule has 40 heavy (non-hydrogen) atoms. The predicted molar refractivity (Wildman–Crippen MR) is 174 cm³/mol. The average Bonchev–Trinajstić information content (AvgIpc) is 3.00. The fourth-order valence-corrected chi connectivity index (χ4v) is 6.55. The van der Waals surface area contributed by atoms with E-state index in [1.165, 1.54) is 87.2 Å². The molecule has 8 aromatic carbocycles. The van der Waals surface area contributed by atoms with E-state index in [2.05, 4.69) is 147 Å². The standard InChI is InChI=1S/C40H28/c1-25-11-15-27(16-12-25)36-23-30-21-19-29-20-22-31-24-37(28-17-13-26(2)14-18-28)33-8-4-6-10-35(33)39(31)40(29)38(30)34-9-5-3-7-32(34)36/h3-24H,1-2H3. The second-order valence-electron chi connectivity index (χ2n) is 11.1. The van der Waals surface area contributed by atoms with Crippen molar-refractivity contribution >= 4 is 53.9 Å². The van der Waals surface area contributed by atoms with E-state index >= 15 is 0 Å². The number of hydrogen-bond donors (Lipinski definition) is 0. The van der Waals surface area contributed by atoms with Crippen molar-refractivity contribution in [3.05, 3.63) is 145 Å². The van der Waals surface area contributed by atoms with E-state index in [1.807, 2.05) is 0 Å². The largest absolute Gasteiger partial charge is 0.0616 e. The molecular weight excluding hydrogens is 480 g/mol. The van der Waals surface area contributed by atoms with Crippen LogP contribution in [0.3, 0.4) is 0 Å². The summed E-state index contributed by atoms with van der Waals surface area (Å²) in [6.07, 6.45) is 0. The van der Waals surface area contributed by atoms with E-state index in [0.29, 0.717) is 0 Å². The van der Waals surface area contributed by atoms with Gasteiger partial charge in [0, 0.05) is 0 Å². The van der Waals surface area contributed by atoms with Gasteiger partial charge in [-0.25, -0.2) is 0 Å². The summed E-state index contributed by atoms with van der Waals surface area (Å²) < 4.78 is 0. The molecule has 0 saturated carbocycles. The SMILES string of the molecule is Cc1ccc(-c2cc3ccc4ccc5cc(-c6ccc(C)cc6)c6ccccc6c5c4c3c3ccccc23)cc1. The Bertz CT molecular complexity index is 2090. The summed E-state index contributed by atoms with van der Waals surface area (Å²) in [7, 11) is 0. The number of fused-ring (bicyclic) bond motifs is 9. The fourth-order valence-electron chi connectivity index (χ4n) is 6.55. The maximum Gasteiger partial charge on any atom is -0.00143 e. The highest BCUT2D eigenvalue weighted by molar-refractivity contribution is 6.34. The first kappa shape index (κ1) is 23.0. The van der Waals surface area contributed by atoms with Crippen LogP contribution in [-0.2, 0) is 0 Å². The van der Waals surface area contributed by atoms with Crippen LogP contribution in [0.25, 0.3) is 76.1 Å². The van der Waals surface area contributed by atoms with E-state index in [4.69, 9.17) is 0 Å². The van der Waals surface area contributed by atoms with Gasteiger partial charge in [-0.15, -0.1) is 0 Å². The van der Waals surface area contributed by atoms with Crippen LogP contribution >= 0.6 is 0 Å². The Morgan fingerprint density at radius 2 is 0.700 bits per heavy atom. The molecule has 0 spiro atoms. The lowest BCUT2D eigenvalue weighted by atomic mass is 9.86. The highest BCUT2D eigenvalue weighted by Gasteiger charge is 2.16. The molecule has 0 amide bonds. The highest BCUT2D eigenvalue weighted by atomic mass is 14.2. The van der Waals surface area contributed by atoms with Crippen LogP contribution in [0, 0.1) is 13.8 Å². The van der Waals surface area contributed by atoms with E-state index in [9.17, 15) is 0 Å². The van der Waals surface area contributed by atoms with E-state index < -0.39 is 0 Å². The van der Waals surface area contributed by atoms with Crippen molar-refractivity contribution in [2.45, 2.75) is 13.8 Å². The van der Waals surface area contributed by atoms with Crippen molar-refractivity contribution in [1.82, 2.24) is 0 Å². The molecule has 0 heterocycles. The minimum absolute atomic E-state index is 1.26. The molecule has 0 heteroatoms. The molecule has 0 aliphatic rings. The predicted octanol–water partition coefficient (Wildman–Crippen LogP) is 11.4. The molecule has 8 aromatic rings. The summed E-state index contributed by atoms with van der Waals surface area (Å²) in [6.45, 7) is 4.29. The molecule has 0 N–H and O–H groups in total. The van der Waals surface area contributed by atoms with Crippen LogP contribution in [-0.4, -0.2) is 0 Å². The molecule has 0 unspecified atom stereocenters. The fraction of sp³-hybridized carbons (Fsp3) is 0.0500. The van der Waals surface area contributed by atoms with Gasteiger partial charge in [0.05, 0.1) is 0 Å². The third-order valence-corrected chi connectivity index (χ3v) is 8.55. The van der Waals surface area contributed by atoms with Gasteiger partial charge in [0.15, 0.2) is 0 Å². The molecule has 0 aromatic heterocycles. The molecule has 0 atom stereocenters. The molecule has 8 rings (SSSR count). The first-order chi connectivity index (χ1) is 19.7. The monoisotopic (exact) mass is 508 g/mol. The van der Waals surface area contributed by atoms with Gasteiger partial charge in [0.1, 0.15) is 0 Å². The van der Waals surface area contributed by atoms with Crippen molar-refractivity contribution in [2.75, 3.05) is 0 Å². The van der Waals surface area contributed by atoms with Crippen molar-refractivity contribution in [3.8, 4) is 22.3 Å². The first-order valence-electron chi connectivity index (χ1n) is 14.0. The second-order valence-corrected chi connectivity index (χ2v) is 11.1. The lowest BCUT2D eigenvalue weighted by molar-refractivity contribution is 1.47. The summed E-state index contributed by atoms with van der Waals surface area (Å²) >= 11 is 0. The molecular formula is C40H28. The van der Waals surface area contributed by atoms with E-state index in [0.717, 1.165) is 0 Å². The third kappa shape index (κ3) is 3.46. The number of aryl methyl sites for hydroxylation is 2. The molecule has 0 aliphatic carbocycles. The van der Waals surface area contributed by atoms with Crippen molar-refractivity contribution < 1.29 is 0 Å². The van der Waals surface area contributed by atoms with Crippen LogP contribution in [0.2, 0.25) is 0 Å². The summed E-state index contributed by atoms with van der Waals surface area (Å²) in [6, 6.07) is 49.7. The molecule has 0 aliphatic heterocycles. The summed E-state index contributed by atoms with van der Waals surface area (Å²) in [5, 5.41) is 13.1. The van der Waals surface area contributed by atoms with Gasteiger partial charge in [0.2, 0.25) is 0 Å². The maximum absolute atomic E-state index is 2.39. The summed E-state index contributed by atoms with van der Waals surface area (Å²) in [5.74, 6) is 0. The van der Waals surface area contributed by atoms with Crippen molar-refractivity contribution in [1.29, 1.82) is 0 Å². The van der Waals surface area contributed by atoms with Gasteiger partial charge < -0.3 is 0 Å². The number of rotatable bonds is 2. The Balaban J connectivity index is 1.55. The maximum atomic E-state index is 2.39. The highest BCUT2D eigenvalue weighted by Crippen LogP contribution is 2.44. The Kier molecular flexibility index (Phi) is 5.06. The number of hydrogen-bond acceptors (Lipinski definition) is 0. The zero-order valence-electron chi connectivity index (χ0n) is 22.7. The van der Waals surface area contributed by atoms with Gasteiger partial charge in [-0.1, -0.05) is 132 Å².